The van der Waals surface area contributed by atoms with Gasteiger partial charge in [-0.15, -0.1) is 0 Å². The van der Waals surface area contributed by atoms with Crippen LogP contribution in [0.2, 0.25) is 0 Å². The molecule has 3 rings (SSSR count). The molecule has 0 fully saturated rings. The molecule has 1 aromatic heterocycles. The summed E-state index contributed by atoms with van der Waals surface area (Å²) in [5, 5.41) is 13.2. The van der Waals surface area contributed by atoms with Crippen molar-refractivity contribution >= 4 is 23.8 Å². The van der Waals surface area contributed by atoms with Crippen molar-refractivity contribution in [1.29, 1.82) is 0 Å². The Bertz CT molecular complexity index is 914. The van der Waals surface area contributed by atoms with Gasteiger partial charge in [0.25, 0.3) is 0 Å². The number of benzene rings is 2. The molecule has 30 heavy (non-hydrogen) atoms. The Balaban J connectivity index is 2.07. The SMILES string of the molecule is CN(C)c1nc(NC(C(=O)O)C(c2ccccc2)c2ccccc2)nc(N(C)C)n1. The van der Waals surface area contributed by atoms with Crippen LogP contribution in [0.25, 0.3) is 0 Å². The maximum Gasteiger partial charge on any atom is 0.327 e. The summed E-state index contributed by atoms with van der Waals surface area (Å²) in [6.45, 7) is 0. The number of rotatable bonds is 8. The fourth-order valence-electron chi connectivity index (χ4n) is 3.14. The van der Waals surface area contributed by atoms with Gasteiger partial charge in [0.05, 0.1) is 0 Å². The third-order valence-corrected chi connectivity index (χ3v) is 4.61. The zero-order chi connectivity index (χ0) is 21.7. The van der Waals surface area contributed by atoms with E-state index in [4.69, 9.17) is 0 Å². The van der Waals surface area contributed by atoms with Gasteiger partial charge in [-0.05, 0) is 11.1 Å². The first kappa shape index (κ1) is 21.0. The van der Waals surface area contributed by atoms with Gasteiger partial charge < -0.3 is 20.2 Å². The zero-order valence-electron chi connectivity index (χ0n) is 17.5. The number of hydrogen-bond acceptors (Lipinski definition) is 7. The number of carboxylic acids is 1. The minimum atomic E-state index is -0.995. The molecule has 8 heteroatoms. The summed E-state index contributed by atoms with van der Waals surface area (Å²) in [5.74, 6) is -0.340. The highest BCUT2D eigenvalue weighted by Gasteiger charge is 2.32. The lowest BCUT2D eigenvalue weighted by Gasteiger charge is -2.26. The van der Waals surface area contributed by atoms with Crippen molar-refractivity contribution in [2.45, 2.75) is 12.0 Å². The van der Waals surface area contributed by atoms with Crippen molar-refractivity contribution in [3.8, 4) is 0 Å². The molecule has 0 aliphatic carbocycles. The first-order valence-corrected chi connectivity index (χ1v) is 9.56. The summed E-state index contributed by atoms with van der Waals surface area (Å²) in [5.41, 5.74) is 1.77. The molecule has 0 saturated carbocycles. The van der Waals surface area contributed by atoms with Gasteiger partial charge in [-0.2, -0.15) is 15.0 Å². The van der Waals surface area contributed by atoms with Crippen LogP contribution >= 0.6 is 0 Å². The summed E-state index contributed by atoms with van der Waals surface area (Å²) < 4.78 is 0. The summed E-state index contributed by atoms with van der Waals surface area (Å²) >= 11 is 0. The summed E-state index contributed by atoms with van der Waals surface area (Å²) in [7, 11) is 7.29. The third kappa shape index (κ3) is 4.83. The molecule has 156 valence electrons. The first-order chi connectivity index (χ1) is 14.4. The van der Waals surface area contributed by atoms with Crippen LogP contribution in [0.3, 0.4) is 0 Å². The van der Waals surface area contributed by atoms with Crippen molar-refractivity contribution in [3.05, 3.63) is 71.8 Å². The maximum absolute atomic E-state index is 12.4. The van der Waals surface area contributed by atoms with Crippen LogP contribution in [0.15, 0.2) is 60.7 Å². The molecule has 0 spiro atoms. The van der Waals surface area contributed by atoms with E-state index in [-0.39, 0.29) is 5.95 Å². The highest BCUT2D eigenvalue weighted by atomic mass is 16.4. The zero-order valence-corrected chi connectivity index (χ0v) is 17.5. The highest BCUT2D eigenvalue weighted by molar-refractivity contribution is 5.79. The Hall–Kier alpha value is -3.68. The molecule has 1 atom stereocenters. The van der Waals surface area contributed by atoms with E-state index in [2.05, 4.69) is 20.3 Å². The van der Waals surface area contributed by atoms with Crippen molar-refractivity contribution in [2.24, 2.45) is 0 Å². The number of carbonyl (C=O) groups is 1. The predicted octanol–water partition coefficient (Wildman–Crippen LogP) is 2.70. The highest BCUT2D eigenvalue weighted by Crippen LogP contribution is 2.30. The van der Waals surface area contributed by atoms with E-state index in [9.17, 15) is 9.90 Å². The molecular weight excluding hydrogens is 380 g/mol. The quantitative estimate of drug-likeness (QED) is 0.590. The molecule has 0 bridgehead atoms. The molecule has 2 aromatic carbocycles. The largest absolute Gasteiger partial charge is 0.480 e. The lowest BCUT2D eigenvalue weighted by Crippen LogP contribution is -2.37. The van der Waals surface area contributed by atoms with Gasteiger partial charge in [0.2, 0.25) is 17.8 Å². The topological polar surface area (TPSA) is 94.5 Å². The van der Waals surface area contributed by atoms with Crippen LogP contribution in [0.5, 0.6) is 0 Å². The van der Waals surface area contributed by atoms with Gasteiger partial charge in [-0.1, -0.05) is 60.7 Å². The van der Waals surface area contributed by atoms with Crippen molar-refractivity contribution in [3.63, 3.8) is 0 Å². The van der Waals surface area contributed by atoms with Crippen LogP contribution in [0.4, 0.5) is 17.8 Å². The predicted molar refractivity (Wildman–Crippen MR) is 118 cm³/mol. The third-order valence-electron chi connectivity index (χ3n) is 4.61. The molecule has 0 radical (unpaired) electrons. The van der Waals surface area contributed by atoms with Gasteiger partial charge in [0.1, 0.15) is 6.04 Å². The Labute approximate surface area is 176 Å². The Morgan fingerprint density at radius 1 is 0.800 bits per heavy atom. The van der Waals surface area contributed by atoms with Crippen LogP contribution in [-0.2, 0) is 4.79 Å². The van der Waals surface area contributed by atoms with E-state index in [0.717, 1.165) is 11.1 Å². The molecule has 2 N–H and O–H groups in total. The molecule has 1 unspecified atom stereocenters. The average molecular weight is 406 g/mol. The van der Waals surface area contributed by atoms with E-state index in [1.54, 1.807) is 9.80 Å². The first-order valence-electron chi connectivity index (χ1n) is 9.56. The fourth-order valence-corrected chi connectivity index (χ4v) is 3.14. The number of nitrogens with one attached hydrogen (secondary N) is 1. The van der Waals surface area contributed by atoms with E-state index < -0.39 is 17.9 Å². The summed E-state index contributed by atoms with van der Waals surface area (Å²) in [6.07, 6.45) is 0. The minimum absolute atomic E-state index is 0.210. The van der Waals surface area contributed by atoms with Crippen LogP contribution in [-0.4, -0.2) is 60.3 Å². The van der Waals surface area contributed by atoms with Gasteiger partial charge in [-0.3, -0.25) is 0 Å². The van der Waals surface area contributed by atoms with E-state index in [1.807, 2.05) is 88.9 Å². The molecule has 0 aliphatic heterocycles. The van der Waals surface area contributed by atoms with Crippen LogP contribution < -0.4 is 15.1 Å². The Kier molecular flexibility index (Phi) is 6.46. The van der Waals surface area contributed by atoms with Gasteiger partial charge >= 0.3 is 5.97 Å². The number of hydrogen-bond donors (Lipinski definition) is 2. The number of nitrogens with zero attached hydrogens (tertiary/aromatic N) is 5. The molecule has 3 aromatic rings. The number of aromatic nitrogens is 3. The van der Waals surface area contributed by atoms with Crippen LogP contribution in [0, 0.1) is 0 Å². The van der Waals surface area contributed by atoms with Gasteiger partial charge in [-0.25, -0.2) is 4.79 Å². The summed E-state index contributed by atoms with van der Waals surface area (Å²) in [4.78, 5) is 29.1. The molecular formula is C22H26N6O2. The second-order valence-electron chi connectivity index (χ2n) is 7.31. The van der Waals surface area contributed by atoms with E-state index in [1.165, 1.54) is 0 Å². The van der Waals surface area contributed by atoms with E-state index >= 15 is 0 Å². The molecule has 8 nitrogen and oxygen atoms in total. The molecule has 0 aliphatic rings. The monoisotopic (exact) mass is 406 g/mol. The standard InChI is InChI=1S/C22H26N6O2/c1-27(2)21-24-20(25-22(26-21)28(3)4)23-18(19(29)30)17(15-11-7-5-8-12-15)16-13-9-6-10-14-16/h5-14,17-18H,1-4H3,(H,29,30)(H,23,24,25,26). The van der Waals surface area contributed by atoms with E-state index in [0.29, 0.717) is 11.9 Å². The Morgan fingerprint density at radius 3 is 1.60 bits per heavy atom. The van der Waals surface area contributed by atoms with Crippen molar-refractivity contribution in [1.82, 2.24) is 15.0 Å². The maximum atomic E-state index is 12.4. The molecule has 0 saturated heterocycles. The number of anilines is 3. The summed E-state index contributed by atoms with van der Waals surface area (Å²) in [6, 6.07) is 18.2. The fraction of sp³-hybridized carbons (Fsp3) is 0.273. The number of aliphatic carboxylic acids is 1. The van der Waals surface area contributed by atoms with Crippen LogP contribution in [0.1, 0.15) is 17.0 Å². The molecule has 1 heterocycles. The van der Waals surface area contributed by atoms with Crippen molar-refractivity contribution in [2.75, 3.05) is 43.3 Å². The van der Waals surface area contributed by atoms with Crippen molar-refractivity contribution < 1.29 is 9.90 Å². The normalized spacial score (nSPS) is 11.8. The number of carboxylic acid groups (broad SMARTS) is 1. The second kappa shape index (κ2) is 9.21. The lowest BCUT2D eigenvalue weighted by molar-refractivity contribution is -0.138. The minimum Gasteiger partial charge on any atom is -0.480 e. The van der Waals surface area contributed by atoms with Gasteiger partial charge in [0.15, 0.2) is 0 Å². The lowest BCUT2D eigenvalue weighted by atomic mass is 9.85. The molecule has 0 amide bonds. The average Bonchev–Trinajstić information content (AvgIpc) is 2.74. The second-order valence-corrected chi connectivity index (χ2v) is 7.31. The Morgan fingerprint density at radius 2 is 1.23 bits per heavy atom. The smallest absolute Gasteiger partial charge is 0.327 e. The van der Waals surface area contributed by atoms with Gasteiger partial charge in [0, 0.05) is 34.1 Å².